The number of fused-ring (bicyclic) bond motifs is 1. The van der Waals surface area contributed by atoms with Crippen molar-refractivity contribution in [2.45, 2.75) is 31.8 Å². The van der Waals surface area contributed by atoms with E-state index in [0.29, 0.717) is 6.61 Å². The quantitative estimate of drug-likeness (QED) is 0.285. The molecule has 0 aromatic carbocycles. The minimum atomic E-state index is -0.0792. The van der Waals surface area contributed by atoms with Crippen LogP contribution in [0.4, 0.5) is 10.8 Å². The molecule has 3 aromatic rings. The smallest absolute Gasteiger partial charge is 0.0484 e. The molecule has 0 amide bonds. The van der Waals surface area contributed by atoms with E-state index >= 15 is 0 Å². The maximum absolute atomic E-state index is 5.60. The zero-order valence-electron chi connectivity index (χ0n) is 19.5. The zero-order valence-corrected chi connectivity index (χ0v) is 22.5. The number of likely N-dealkylation sites (N-methyl/N-ethyl adjacent to an activating group) is 1. The molecule has 2 N–H and O–H groups in total. The third-order valence-corrected chi connectivity index (χ3v) is 8.47. The van der Waals surface area contributed by atoms with Crippen molar-refractivity contribution in [2.24, 2.45) is 0 Å². The number of ether oxygens (including phenoxy) is 2. The number of halogens is 1. The molecule has 0 radical (unpaired) electrons. The van der Waals surface area contributed by atoms with Gasteiger partial charge in [0.2, 0.25) is 0 Å². The summed E-state index contributed by atoms with van der Waals surface area (Å²) in [7, 11) is 3.92. The third-order valence-electron chi connectivity index (χ3n) is 6.33. The molecule has 5 rings (SSSR count). The molecule has 2 aliphatic rings. The number of hydrogen-bond acceptors (Lipinski definition) is 9. The van der Waals surface area contributed by atoms with Crippen LogP contribution in [-0.2, 0) is 16.0 Å². The van der Waals surface area contributed by atoms with Crippen molar-refractivity contribution in [1.82, 2.24) is 27.2 Å². The van der Waals surface area contributed by atoms with E-state index in [1.54, 1.807) is 7.11 Å². The van der Waals surface area contributed by atoms with Gasteiger partial charge >= 0.3 is 148 Å². The zero-order chi connectivity index (χ0) is 23.5. The molecule has 0 unspecified atom stereocenters. The van der Waals surface area contributed by atoms with Crippen LogP contribution in [0.3, 0.4) is 0 Å². The molecule has 1 saturated heterocycles. The Balaban J connectivity index is 1.35. The average molecular weight is 595 g/mol. The molecule has 5 heterocycles. The van der Waals surface area contributed by atoms with Gasteiger partial charge < -0.3 is 9.47 Å². The second-order valence-electron chi connectivity index (χ2n) is 8.61. The molecule has 11 heteroatoms. The summed E-state index contributed by atoms with van der Waals surface area (Å²) in [4.78, 5) is 11.8. The number of aryl methyl sites for hydroxylation is 1. The molecule has 2 aliphatic heterocycles. The Morgan fingerprint density at radius 1 is 1.38 bits per heavy atom. The van der Waals surface area contributed by atoms with Gasteiger partial charge in [-0.1, -0.05) is 0 Å². The molecular weight excluding hydrogens is 565 g/mol. The number of nitrogens with zero attached hydrogens (tertiary/aromatic N) is 5. The van der Waals surface area contributed by atoms with Crippen LogP contribution in [0.2, 0.25) is 0 Å². The van der Waals surface area contributed by atoms with E-state index in [1.165, 1.54) is 11.5 Å². The van der Waals surface area contributed by atoms with E-state index in [4.69, 9.17) is 18.8 Å². The first kappa shape index (κ1) is 23.7. The Morgan fingerprint density at radius 2 is 2.24 bits per heavy atom. The largest absolute Gasteiger partial charge is 0.381 e. The Labute approximate surface area is 214 Å². The summed E-state index contributed by atoms with van der Waals surface area (Å²) in [6, 6.07) is 2.10. The Bertz CT molecular complexity index is 1210. The normalized spacial score (nSPS) is 17.9. The van der Waals surface area contributed by atoms with Gasteiger partial charge in [-0.3, -0.25) is 4.90 Å². The van der Waals surface area contributed by atoms with E-state index in [2.05, 4.69) is 52.6 Å². The molecule has 182 valence electrons. The van der Waals surface area contributed by atoms with E-state index < -0.39 is 0 Å². The first-order chi connectivity index (χ1) is 16.6. The van der Waals surface area contributed by atoms with Crippen molar-refractivity contribution in [3.05, 3.63) is 51.9 Å². The van der Waals surface area contributed by atoms with Gasteiger partial charge in [0.25, 0.3) is 0 Å². The van der Waals surface area contributed by atoms with Gasteiger partial charge in [0, 0.05) is 25.9 Å². The van der Waals surface area contributed by atoms with Crippen LogP contribution < -0.4 is 30.3 Å². The summed E-state index contributed by atoms with van der Waals surface area (Å²) in [6.07, 6.45) is 10.1. The number of anilines is 2. The van der Waals surface area contributed by atoms with Crippen molar-refractivity contribution in [1.29, 1.82) is 0 Å². The van der Waals surface area contributed by atoms with Crippen molar-refractivity contribution >= 4 is 33.6 Å². The van der Waals surface area contributed by atoms with Crippen LogP contribution in [0.5, 0.6) is 0 Å². The van der Waals surface area contributed by atoms with Crippen LogP contribution in [0.15, 0.2) is 34.8 Å². The molecule has 0 bridgehead atoms. The standard InChI is InChI=1S/C23H29IN7O2S/c1-16-13-31-19(17-4-7-24-26-11-17)12-25-22(31)21(27-16)28-20-10-18(29-34-20)14-30(2)23(15-32-3)5-8-33-9-6-23/h4,7,10-13,26H,5-6,8-9,14-15H2,1-3H3,(H,27,28)/q-1. The number of imidazole rings is 1. The Hall–Kier alpha value is -2.06. The molecule has 3 aromatic heterocycles. The monoisotopic (exact) mass is 594 g/mol. The van der Waals surface area contributed by atoms with Crippen molar-refractivity contribution in [3.8, 4) is 0 Å². The van der Waals surface area contributed by atoms with Crippen LogP contribution in [0, 0.1) is 6.92 Å². The first-order valence-corrected chi connectivity index (χ1v) is 14.3. The summed E-state index contributed by atoms with van der Waals surface area (Å²) in [5.74, 6) is 0.732. The molecule has 0 saturated carbocycles. The Morgan fingerprint density at radius 3 is 3.00 bits per heavy atom. The second kappa shape index (κ2) is 10.3. The fourth-order valence-corrected chi connectivity index (χ4v) is 6.42. The molecule has 34 heavy (non-hydrogen) atoms. The van der Waals surface area contributed by atoms with Crippen LogP contribution >= 0.6 is 11.5 Å². The van der Waals surface area contributed by atoms with E-state index in [9.17, 15) is 0 Å². The minimum absolute atomic E-state index is 0.0141. The summed E-state index contributed by atoms with van der Waals surface area (Å²) in [5.41, 5.74) is 4.89. The van der Waals surface area contributed by atoms with Crippen LogP contribution in [0.25, 0.3) is 11.2 Å². The molecule has 1 fully saturated rings. The van der Waals surface area contributed by atoms with Crippen molar-refractivity contribution in [3.63, 3.8) is 0 Å². The van der Waals surface area contributed by atoms with Crippen LogP contribution in [-0.4, -0.2) is 63.2 Å². The fraction of sp³-hybridized carbons (Fsp3) is 0.435. The van der Waals surface area contributed by atoms with Crippen molar-refractivity contribution < 1.29 is 31.0 Å². The van der Waals surface area contributed by atoms with Gasteiger partial charge in [-0.15, -0.1) is 0 Å². The topological polar surface area (TPSA) is 88.8 Å². The minimum Gasteiger partial charge on any atom is -0.381 e. The van der Waals surface area contributed by atoms with Crippen molar-refractivity contribution in [2.75, 3.05) is 39.3 Å². The van der Waals surface area contributed by atoms with Gasteiger partial charge in [0.15, 0.2) is 0 Å². The number of allylic oxidation sites excluding steroid dienone is 2. The van der Waals surface area contributed by atoms with Gasteiger partial charge in [0.1, 0.15) is 0 Å². The van der Waals surface area contributed by atoms with Crippen LogP contribution in [0.1, 0.15) is 29.9 Å². The molecular formula is C23H29IN7O2S-. The number of methoxy groups -OCH3 is 1. The fourth-order valence-electron chi connectivity index (χ4n) is 4.47. The average Bonchev–Trinajstić information content (AvgIpc) is 3.47. The summed E-state index contributed by atoms with van der Waals surface area (Å²) in [6.45, 7) is 4.98. The summed E-state index contributed by atoms with van der Waals surface area (Å²) >= 11 is 1.37. The van der Waals surface area contributed by atoms with Gasteiger partial charge in [0.05, 0.1) is 6.61 Å². The molecule has 0 atom stereocenters. The second-order valence-corrected chi connectivity index (χ2v) is 11.4. The Kier molecular flexibility index (Phi) is 7.16. The van der Waals surface area contributed by atoms with Gasteiger partial charge in [-0.2, -0.15) is 0 Å². The van der Waals surface area contributed by atoms with Gasteiger partial charge in [-0.05, 0) is 19.9 Å². The first-order valence-electron chi connectivity index (χ1n) is 11.2. The predicted octanol–water partition coefficient (Wildman–Crippen LogP) is 0.327. The SMILES string of the molecule is COCC1(N(C)Cc2cc(Nc3nc(C)cn4c(C5=CN[I-]C=C5)cnc34)sn2)CCOCC1. The predicted molar refractivity (Wildman–Crippen MR) is 130 cm³/mol. The number of aromatic nitrogens is 4. The molecule has 0 spiro atoms. The van der Waals surface area contributed by atoms with E-state index in [0.717, 1.165) is 71.7 Å². The van der Waals surface area contributed by atoms with Gasteiger partial charge in [-0.25, -0.2) is 0 Å². The summed E-state index contributed by atoms with van der Waals surface area (Å²) < 4.78 is 23.6. The van der Waals surface area contributed by atoms with E-state index in [1.807, 2.05) is 19.3 Å². The number of rotatable bonds is 8. The summed E-state index contributed by atoms with van der Waals surface area (Å²) in [5, 5.41) is 4.41. The number of hydrogen-bond donors (Lipinski definition) is 2. The maximum Gasteiger partial charge on any atom is 0.0484 e. The number of nitrogens with one attached hydrogen (secondary N) is 2. The molecule has 0 aliphatic carbocycles. The van der Waals surface area contributed by atoms with E-state index in [-0.39, 0.29) is 27.0 Å². The third kappa shape index (κ3) is 4.85. The maximum atomic E-state index is 5.60. The molecule has 9 nitrogen and oxygen atoms in total.